The van der Waals surface area contributed by atoms with E-state index in [0.717, 1.165) is 18.4 Å². The van der Waals surface area contributed by atoms with Crippen LogP contribution in [0.15, 0.2) is 23.1 Å². The number of nitrogens with two attached hydrogens (primary N) is 1. The zero-order chi connectivity index (χ0) is 15.4. The minimum atomic E-state index is -4.01. The monoisotopic (exact) mass is 325 g/mol. The van der Waals surface area contributed by atoms with Crippen LogP contribution in [0.2, 0.25) is 0 Å². The van der Waals surface area contributed by atoms with Gasteiger partial charge in [0.05, 0.1) is 6.26 Å². The number of hydrogen-bond donors (Lipinski definition) is 3. The Hall–Kier alpha value is -1.23. The second kappa shape index (κ2) is 6.48. The number of benzene rings is 1. The lowest BCUT2D eigenvalue weighted by Gasteiger charge is -2.08. The molecule has 1 aromatic carbocycles. The van der Waals surface area contributed by atoms with Crippen molar-refractivity contribution < 1.29 is 21.2 Å². The maximum absolute atomic E-state index is 13.4. The molecule has 0 saturated heterocycles. The highest BCUT2D eigenvalue weighted by Gasteiger charge is 2.18. The van der Waals surface area contributed by atoms with Crippen LogP contribution >= 0.6 is 0 Å². The molecule has 20 heavy (non-hydrogen) atoms. The van der Waals surface area contributed by atoms with E-state index in [0.29, 0.717) is 0 Å². The lowest BCUT2D eigenvalue weighted by Crippen LogP contribution is -2.29. The van der Waals surface area contributed by atoms with E-state index in [9.17, 15) is 21.2 Å². The summed E-state index contributed by atoms with van der Waals surface area (Å²) in [6.07, 6.45) is 1.23. The largest absolute Gasteiger partial charge is 0.399 e. The molecule has 0 spiro atoms. The van der Waals surface area contributed by atoms with Gasteiger partial charge in [-0.1, -0.05) is 0 Å². The van der Waals surface area contributed by atoms with Gasteiger partial charge in [-0.05, 0) is 24.6 Å². The fourth-order valence-corrected chi connectivity index (χ4v) is 3.06. The van der Waals surface area contributed by atoms with Gasteiger partial charge in [-0.25, -0.2) is 30.7 Å². The van der Waals surface area contributed by atoms with Crippen molar-refractivity contribution in [2.45, 2.75) is 11.3 Å². The van der Waals surface area contributed by atoms with Gasteiger partial charge < -0.3 is 5.73 Å². The quantitative estimate of drug-likeness (QED) is 0.467. The highest BCUT2D eigenvalue weighted by molar-refractivity contribution is 7.89. The molecule has 1 aromatic rings. The first kappa shape index (κ1) is 16.8. The molecule has 0 saturated carbocycles. The Morgan fingerprint density at radius 3 is 2.35 bits per heavy atom. The average molecular weight is 325 g/mol. The molecule has 10 heteroatoms. The lowest BCUT2D eigenvalue weighted by atomic mass is 10.3. The lowest BCUT2D eigenvalue weighted by molar-refractivity contribution is 0.555. The first-order chi connectivity index (χ1) is 9.12. The van der Waals surface area contributed by atoms with Crippen molar-refractivity contribution in [3.05, 3.63) is 24.0 Å². The smallest absolute Gasteiger partial charge is 0.243 e. The van der Waals surface area contributed by atoms with Crippen molar-refractivity contribution >= 4 is 25.7 Å². The molecule has 0 aliphatic heterocycles. The molecule has 0 fully saturated rings. The van der Waals surface area contributed by atoms with Crippen molar-refractivity contribution in [3.63, 3.8) is 0 Å². The van der Waals surface area contributed by atoms with Crippen LogP contribution < -0.4 is 15.2 Å². The highest BCUT2D eigenvalue weighted by atomic mass is 32.2. The Labute approximate surface area is 117 Å². The molecule has 0 bridgehead atoms. The van der Waals surface area contributed by atoms with Crippen LogP contribution in [0.25, 0.3) is 0 Å². The van der Waals surface area contributed by atoms with Crippen LogP contribution in [-0.2, 0) is 20.0 Å². The second-order valence-corrected chi connectivity index (χ2v) is 7.68. The van der Waals surface area contributed by atoms with Gasteiger partial charge in [-0.15, -0.1) is 0 Å². The molecule has 0 atom stereocenters. The molecule has 0 aromatic heterocycles. The number of rotatable bonds is 7. The molecule has 0 unspecified atom stereocenters. The number of halogens is 1. The number of anilines is 1. The fraction of sp³-hybridized carbons (Fsp3) is 0.400. The van der Waals surface area contributed by atoms with Gasteiger partial charge >= 0.3 is 0 Å². The summed E-state index contributed by atoms with van der Waals surface area (Å²) in [5.41, 5.74) is 5.54. The van der Waals surface area contributed by atoms with Crippen LogP contribution in [-0.4, -0.2) is 36.2 Å². The van der Waals surface area contributed by atoms with Gasteiger partial charge in [0.25, 0.3) is 0 Å². The van der Waals surface area contributed by atoms with Crippen molar-refractivity contribution in [2.75, 3.05) is 25.1 Å². The number of nitrogens with one attached hydrogen (secondary N) is 2. The summed E-state index contributed by atoms with van der Waals surface area (Å²) in [4.78, 5) is -0.534. The van der Waals surface area contributed by atoms with Crippen LogP contribution in [0.4, 0.5) is 10.1 Å². The molecular formula is C10H16FN3O4S2. The van der Waals surface area contributed by atoms with Gasteiger partial charge in [0, 0.05) is 18.8 Å². The Bertz CT molecular complexity index is 674. The van der Waals surface area contributed by atoms with Crippen molar-refractivity contribution in [3.8, 4) is 0 Å². The molecule has 7 nitrogen and oxygen atoms in total. The SMILES string of the molecule is CS(=O)(=O)NCCCNS(=O)(=O)c1cc(N)ccc1F. The molecule has 0 aliphatic rings. The van der Waals surface area contributed by atoms with Gasteiger partial charge in [-0.3, -0.25) is 0 Å². The van der Waals surface area contributed by atoms with Crippen molar-refractivity contribution in [2.24, 2.45) is 0 Å². The fourth-order valence-electron chi connectivity index (χ4n) is 1.36. The van der Waals surface area contributed by atoms with Crippen molar-refractivity contribution in [1.82, 2.24) is 9.44 Å². The average Bonchev–Trinajstić information content (AvgIpc) is 2.30. The summed E-state index contributed by atoms with van der Waals surface area (Å²) >= 11 is 0. The molecule has 4 N–H and O–H groups in total. The van der Waals surface area contributed by atoms with Gasteiger partial charge in [-0.2, -0.15) is 0 Å². The summed E-state index contributed by atoms with van der Waals surface area (Å²) in [6, 6.07) is 3.24. The number of sulfonamides is 2. The Morgan fingerprint density at radius 1 is 1.15 bits per heavy atom. The predicted octanol–water partition coefficient (Wildman–Crippen LogP) is -0.374. The first-order valence-electron chi connectivity index (χ1n) is 5.61. The van der Waals surface area contributed by atoms with Crippen molar-refractivity contribution in [1.29, 1.82) is 0 Å². The minimum absolute atomic E-state index is 0.0287. The zero-order valence-electron chi connectivity index (χ0n) is 10.8. The Balaban J connectivity index is 2.60. The topological polar surface area (TPSA) is 118 Å². The number of nitrogen functional groups attached to an aromatic ring is 1. The third kappa shape index (κ3) is 5.41. The van der Waals surface area contributed by atoms with E-state index in [1.165, 1.54) is 6.07 Å². The third-order valence-electron chi connectivity index (χ3n) is 2.25. The van der Waals surface area contributed by atoms with Gasteiger partial charge in [0.1, 0.15) is 10.7 Å². The summed E-state index contributed by atoms with van der Waals surface area (Å²) < 4.78 is 63.0. The minimum Gasteiger partial charge on any atom is -0.399 e. The van der Waals surface area contributed by atoms with E-state index in [1.807, 2.05) is 0 Å². The zero-order valence-corrected chi connectivity index (χ0v) is 12.4. The van der Waals surface area contributed by atoms with Crippen LogP contribution in [0.1, 0.15) is 6.42 Å². The van der Waals surface area contributed by atoms with E-state index in [-0.39, 0.29) is 25.2 Å². The van der Waals surface area contributed by atoms with Gasteiger partial charge in [0.2, 0.25) is 20.0 Å². The maximum Gasteiger partial charge on any atom is 0.243 e. The van der Waals surface area contributed by atoms with E-state index >= 15 is 0 Å². The Morgan fingerprint density at radius 2 is 1.75 bits per heavy atom. The van der Waals surface area contributed by atoms with E-state index < -0.39 is 30.8 Å². The maximum atomic E-state index is 13.4. The molecule has 1 rings (SSSR count). The van der Waals surface area contributed by atoms with Gasteiger partial charge in [0.15, 0.2) is 0 Å². The number of hydrogen-bond acceptors (Lipinski definition) is 5. The second-order valence-electron chi connectivity index (χ2n) is 4.11. The standard InChI is InChI=1S/C10H16FN3O4S2/c1-19(15,16)13-5-2-6-14-20(17,18)10-7-8(12)3-4-9(10)11/h3-4,7,13-14H,2,5-6,12H2,1H3. The Kier molecular flexibility index (Phi) is 5.45. The summed E-state index contributed by atoms with van der Waals surface area (Å²) in [5.74, 6) is -0.902. The summed E-state index contributed by atoms with van der Waals surface area (Å²) in [7, 11) is -7.32. The predicted molar refractivity (Wildman–Crippen MR) is 73.5 cm³/mol. The van der Waals surface area contributed by atoms with E-state index in [1.54, 1.807) is 0 Å². The summed E-state index contributed by atoms with van der Waals surface area (Å²) in [5, 5.41) is 0. The third-order valence-corrected chi connectivity index (χ3v) is 4.46. The van der Waals surface area contributed by atoms with Crippen LogP contribution in [0.3, 0.4) is 0 Å². The van der Waals surface area contributed by atoms with E-state index in [2.05, 4.69) is 9.44 Å². The normalized spacial score (nSPS) is 12.5. The molecule has 0 radical (unpaired) electrons. The molecular weight excluding hydrogens is 309 g/mol. The first-order valence-corrected chi connectivity index (χ1v) is 8.98. The van der Waals surface area contributed by atoms with E-state index in [4.69, 9.17) is 5.73 Å². The molecule has 0 amide bonds. The van der Waals surface area contributed by atoms with Crippen LogP contribution in [0.5, 0.6) is 0 Å². The molecule has 0 aliphatic carbocycles. The molecule has 0 heterocycles. The van der Waals surface area contributed by atoms with Crippen LogP contribution in [0, 0.1) is 5.82 Å². The highest BCUT2D eigenvalue weighted by Crippen LogP contribution is 2.17. The molecule has 114 valence electrons. The summed E-state index contributed by atoms with van der Waals surface area (Å²) in [6.45, 7) is 0.0554.